The number of rotatable bonds is 6. The molecule has 7 nitrogen and oxygen atoms in total. The van der Waals surface area contributed by atoms with Gasteiger partial charge < -0.3 is 24.1 Å². The van der Waals surface area contributed by atoms with Crippen LogP contribution in [-0.4, -0.2) is 24.2 Å². The van der Waals surface area contributed by atoms with E-state index in [4.69, 9.17) is 30.5 Å². The maximum Gasteiger partial charge on any atom is 0.346 e. The minimum absolute atomic E-state index is 0.0508. The molecule has 4 unspecified atom stereocenters. The number of methoxy groups -OCH3 is 1. The maximum atomic E-state index is 13.5. The van der Waals surface area contributed by atoms with Crippen molar-refractivity contribution in [3.63, 3.8) is 0 Å². The zero-order chi connectivity index (χ0) is 27.4. The Balaban J connectivity index is 1.56. The number of ether oxygens (including phenoxy) is 4. The topological polar surface area (TPSA) is 91.3 Å². The molecule has 204 valence electrons. The van der Waals surface area contributed by atoms with Gasteiger partial charge in [0.05, 0.1) is 29.2 Å². The summed E-state index contributed by atoms with van der Waals surface area (Å²) in [5.41, 5.74) is 0.336. The lowest BCUT2D eigenvalue weighted by molar-refractivity contribution is -0.148. The summed E-state index contributed by atoms with van der Waals surface area (Å²) >= 11 is 10.0. The van der Waals surface area contributed by atoms with Crippen LogP contribution in [0.25, 0.3) is 0 Å². The molecule has 2 bridgehead atoms. The van der Waals surface area contributed by atoms with E-state index in [2.05, 4.69) is 15.9 Å². The fourth-order valence-corrected chi connectivity index (χ4v) is 6.90. The molecule has 1 aliphatic heterocycles. The molecule has 4 atom stereocenters. The van der Waals surface area contributed by atoms with Crippen molar-refractivity contribution in [2.24, 2.45) is 23.2 Å². The number of fused-ring (bicyclic) bond motifs is 4. The summed E-state index contributed by atoms with van der Waals surface area (Å²) in [6, 6.07) is 4.87. The van der Waals surface area contributed by atoms with Gasteiger partial charge in [-0.05, 0) is 78.4 Å². The van der Waals surface area contributed by atoms with Gasteiger partial charge in [-0.25, -0.2) is 4.79 Å². The average Bonchev–Trinajstić information content (AvgIpc) is 3.46. The van der Waals surface area contributed by atoms with Crippen LogP contribution in [0.3, 0.4) is 0 Å². The molecule has 3 aliphatic rings. The molecule has 2 saturated carbocycles. The number of carbonyl (C=O) groups is 2. The molecule has 5 rings (SSSR count). The lowest BCUT2D eigenvalue weighted by Gasteiger charge is -2.32. The Morgan fingerprint density at radius 1 is 1.32 bits per heavy atom. The number of hydrogen-bond acceptors (Lipinski definition) is 7. The summed E-state index contributed by atoms with van der Waals surface area (Å²) in [5.74, 6) is 0.836. The fourth-order valence-electron chi connectivity index (χ4n) is 6.26. The van der Waals surface area contributed by atoms with Gasteiger partial charge in [-0.1, -0.05) is 31.9 Å². The first-order valence-electron chi connectivity index (χ1n) is 13.0. The predicted octanol–water partition coefficient (Wildman–Crippen LogP) is 7.39. The Morgan fingerprint density at radius 2 is 2.08 bits per heavy atom. The molecule has 1 heterocycles. The number of benzene rings is 2. The predicted molar refractivity (Wildman–Crippen MR) is 145 cm³/mol. The monoisotopic (exact) mass is 606 g/mol. The summed E-state index contributed by atoms with van der Waals surface area (Å²) in [6.45, 7) is 5.78. The first kappa shape index (κ1) is 27.3. The van der Waals surface area contributed by atoms with Crippen LogP contribution in [0.1, 0.15) is 80.5 Å². The number of aliphatic hydroxyl groups excluding tert-OH is 1. The summed E-state index contributed by atoms with van der Waals surface area (Å²) in [5, 5.41) is 11.1. The Bertz CT molecular complexity index is 1290. The zero-order valence-corrected chi connectivity index (χ0v) is 24.3. The van der Waals surface area contributed by atoms with Gasteiger partial charge in [-0.2, -0.15) is 0 Å². The van der Waals surface area contributed by atoms with Crippen molar-refractivity contribution in [1.29, 1.82) is 0 Å². The summed E-state index contributed by atoms with van der Waals surface area (Å²) in [7, 11) is 1.43. The zero-order valence-electron chi connectivity index (χ0n) is 21.9. The van der Waals surface area contributed by atoms with E-state index in [0.717, 1.165) is 25.7 Å². The van der Waals surface area contributed by atoms with E-state index in [-0.39, 0.29) is 52.1 Å². The number of esters is 2. The van der Waals surface area contributed by atoms with Gasteiger partial charge in [-0.3, -0.25) is 4.79 Å². The van der Waals surface area contributed by atoms with E-state index in [1.807, 2.05) is 20.8 Å². The van der Waals surface area contributed by atoms with Crippen LogP contribution < -0.4 is 14.2 Å². The highest BCUT2D eigenvalue weighted by Gasteiger charge is 2.53. The van der Waals surface area contributed by atoms with Crippen LogP contribution in [0.15, 0.2) is 22.7 Å². The summed E-state index contributed by atoms with van der Waals surface area (Å²) < 4.78 is 24.0. The Labute approximate surface area is 235 Å². The van der Waals surface area contributed by atoms with Crippen LogP contribution in [0.2, 0.25) is 5.02 Å². The van der Waals surface area contributed by atoms with Crippen LogP contribution in [0.4, 0.5) is 0 Å². The number of aliphatic hydroxyl groups is 1. The van der Waals surface area contributed by atoms with Crippen molar-refractivity contribution in [3.05, 3.63) is 44.4 Å². The largest absolute Gasteiger partial charge is 0.495 e. The fraction of sp³-hybridized carbons (Fsp3) is 0.517. The number of carbonyl (C=O) groups excluding carboxylic acids is 2. The Morgan fingerprint density at radius 3 is 2.71 bits per heavy atom. The van der Waals surface area contributed by atoms with Crippen molar-refractivity contribution >= 4 is 39.5 Å². The van der Waals surface area contributed by atoms with Crippen LogP contribution in [0, 0.1) is 23.2 Å². The van der Waals surface area contributed by atoms with E-state index in [1.165, 1.54) is 7.11 Å². The van der Waals surface area contributed by atoms with Gasteiger partial charge in [0.15, 0.2) is 11.5 Å². The molecule has 1 N–H and O–H groups in total. The van der Waals surface area contributed by atoms with Crippen LogP contribution >= 0.6 is 27.5 Å². The molecule has 0 aromatic heterocycles. The molecular formula is C29H32BrClO7. The van der Waals surface area contributed by atoms with Gasteiger partial charge in [0, 0.05) is 16.1 Å². The van der Waals surface area contributed by atoms with E-state index < -0.39 is 17.5 Å². The molecule has 2 aromatic carbocycles. The highest BCUT2D eigenvalue weighted by Crippen LogP contribution is 2.57. The van der Waals surface area contributed by atoms with Crippen molar-refractivity contribution < 1.29 is 33.6 Å². The van der Waals surface area contributed by atoms with Crippen LogP contribution in [0.5, 0.6) is 23.0 Å². The third-order valence-corrected chi connectivity index (χ3v) is 9.51. The van der Waals surface area contributed by atoms with Crippen molar-refractivity contribution in [2.75, 3.05) is 7.11 Å². The first-order chi connectivity index (χ1) is 18.0. The standard InChI is InChI=1S/C29H32BrClO7/c1-14(2)9-20(32)17-7-8-21-23(26(17)35-4)27(33)36-13-18-24(31)19(30)11-22(25(18)37-21)38-28(34)29(3)12-15-5-6-16(29)10-15/h7-8,11,14-16,20,32H,5-6,9-10,12-13H2,1-4H3. The minimum atomic E-state index is -0.842. The highest BCUT2D eigenvalue weighted by atomic mass is 79.9. The number of hydrogen-bond donors (Lipinski definition) is 1. The molecular weight excluding hydrogens is 576 g/mol. The summed E-state index contributed by atoms with van der Waals surface area (Å²) in [4.78, 5) is 26.7. The van der Waals surface area contributed by atoms with E-state index >= 15 is 0 Å². The van der Waals surface area contributed by atoms with Crippen molar-refractivity contribution in [2.45, 2.75) is 65.6 Å². The van der Waals surface area contributed by atoms with Gasteiger partial charge in [0.2, 0.25) is 0 Å². The van der Waals surface area contributed by atoms with Gasteiger partial charge in [0.25, 0.3) is 0 Å². The second-order valence-electron chi connectivity index (χ2n) is 11.3. The third kappa shape index (κ3) is 4.69. The third-order valence-electron chi connectivity index (χ3n) is 8.23. The molecule has 0 spiro atoms. The lowest BCUT2D eigenvalue weighted by Crippen LogP contribution is -2.37. The molecule has 9 heteroatoms. The van der Waals surface area contributed by atoms with Crippen LogP contribution in [-0.2, 0) is 16.1 Å². The molecule has 0 amide bonds. The molecule has 0 radical (unpaired) electrons. The molecule has 2 aromatic rings. The Hall–Kier alpha value is -2.29. The van der Waals surface area contributed by atoms with E-state index in [9.17, 15) is 14.7 Å². The van der Waals surface area contributed by atoms with E-state index in [0.29, 0.717) is 33.9 Å². The lowest BCUT2D eigenvalue weighted by atomic mass is 9.75. The quantitative estimate of drug-likeness (QED) is 0.270. The van der Waals surface area contributed by atoms with Crippen molar-refractivity contribution in [3.8, 4) is 23.0 Å². The van der Waals surface area contributed by atoms with Gasteiger partial charge in [-0.15, -0.1) is 0 Å². The second kappa shape index (κ2) is 10.4. The second-order valence-corrected chi connectivity index (χ2v) is 12.5. The molecule has 38 heavy (non-hydrogen) atoms. The van der Waals surface area contributed by atoms with Gasteiger partial charge in [0.1, 0.15) is 23.7 Å². The van der Waals surface area contributed by atoms with Gasteiger partial charge >= 0.3 is 11.9 Å². The smallest absolute Gasteiger partial charge is 0.346 e. The maximum absolute atomic E-state index is 13.5. The SMILES string of the molecule is COc1c(C(O)CC(C)C)ccc2c1C(=O)OCc1c(Cl)c(Br)cc(OC(=O)C3(C)CC4CCC3C4)c1O2. The average molecular weight is 608 g/mol. The molecule has 2 fully saturated rings. The Kier molecular flexibility index (Phi) is 7.44. The van der Waals surface area contributed by atoms with Crippen molar-refractivity contribution in [1.82, 2.24) is 0 Å². The normalized spacial score (nSPS) is 24.6. The minimum Gasteiger partial charge on any atom is -0.495 e. The molecule has 2 aliphatic carbocycles. The first-order valence-corrected chi connectivity index (χ1v) is 14.2. The van der Waals surface area contributed by atoms with E-state index in [1.54, 1.807) is 18.2 Å². The summed E-state index contributed by atoms with van der Waals surface area (Å²) in [6.07, 6.45) is 3.70. The highest BCUT2D eigenvalue weighted by molar-refractivity contribution is 9.10. The number of halogens is 2. The molecule has 0 saturated heterocycles. The number of cyclic esters (lactones) is 1.